The molecule has 1 aromatic carbocycles. The monoisotopic (exact) mass is 281 g/mol. The summed E-state index contributed by atoms with van der Waals surface area (Å²) in [5.74, 6) is 0.838. The van der Waals surface area contributed by atoms with Crippen LogP contribution in [0, 0.1) is 6.92 Å². The fourth-order valence-corrected chi connectivity index (χ4v) is 1.99. The minimum absolute atomic E-state index is 0.263. The first-order valence-electron chi connectivity index (χ1n) is 5.51. The number of hydrogen-bond acceptors (Lipinski definition) is 3. The lowest BCUT2D eigenvalue weighted by Crippen LogP contribution is -2.19. The van der Waals surface area contributed by atoms with Gasteiger partial charge < -0.3 is 4.90 Å². The van der Waals surface area contributed by atoms with Gasteiger partial charge in [-0.25, -0.2) is 9.97 Å². The van der Waals surface area contributed by atoms with Gasteiger partial charge in [-0.3, -0.25) is 0 Å². The van der Waals surface area contributed by atoms with Crippen LogP contribution in [0.3, 0.4) is 0 Å². The highest BCUT2D eigenvalue weighted by Gasteiger charge is 2.08. The van der Waals surface area contributed by atoms with Crippen LogP contribution in [0.15, 0.2) is 30.5 Å². The minimum atomic E-state index is 0.263. The number of anilines is 1. The molecule has 0 unspecified atom stereocenters. The maximum atomic E-state index is 5.86. The summed E-state index contributed by atoms with van der Waals surface area (Å²) in [5, 5.41) is 1.00. The molecule has 5 heteroatoms. The second kappa shape index (κ2) is 5.55. The lowest BCUT2D eigenvalue weighted by molar-refractivity contribution is 0.882. The number of benzene rings is 1. The summed E-state index contributed by atoms with van der Waals surface area (Å²) in [5.41, 5.74) is 2.16. The molecule has 0 bridgehead atoms. The van der Waals surface area contributed by atoms with Crippen LogP contribution >= 0.6 is 23.2 Å². The van der Waals surface area contributed by atoms with Crippen LogP contribution < -0.4 is 4.90 Å². The Kier molecular flexibility index (Phi) is 4.04. The standard InChI is InChI=1S/C13H13Cl2N3/c1-9-7-16-13(15)17-12(9)18(2)8-10-3-5-11(14)6-4-10/h3-7H,8H2,1-2H3. The van der Waals surface area contributed by atoms with Crippen molar-refractivity contribution in [2.75, 3.05) is 11.9 Å². The summed E-state index contributed by atoms with van der Waals surface area (Å²) in [4.78, 5) is 10.2. The van der Waals surface area contributed by atoms with Crippen molar-refractivity contribution in [1.82, 2.24) is 9.97 Å². The second-order valence-corrected chi connectivity index (χ2v) is 4.90. The first-order chi connectivity index (χ1) is 8.56. The van der Waals surface area contributed by atoms with Gasteiger partial charge in [0.25, 0.3) is 0 Å². The lowest BCUT2D eigenvalue weighted by atomic mass is 10.2. The third-order valence-corrected chi connectivity index (χ3v) is 3.04. The Balaban J connectivity index is 2.18. The summed E-state index contributed by atoms with van der Waals surface area (Å²) in [6.07, 6.45) is 1.73. The lowest BCUT2D eigenvalue weighted by Gasteiger charge is -2.20. The SMILES string of the molecule is Cc1cnc(Cl)nc1N(C)Cc1ccc(Cl)cc1. The third kappa shape index (κ3) is 3.12. The minimum Gasteiger partial charge on any atom is -0.355 e. The molecule has 94 valence electrons. The Bertz CT molecular complexity index is 540. The summed E-state index contributed by atoms with van der Waals surface area (Å²) < 4.78 is 0. The van der Waals surface area contributed by atoms with Crippen molar-refractivity contribution in [3.05, 3.63) is 51.9 Å². The van der Waals surface area contributed by atoms with E-state index in [1.54, 1.807) is 6.20 Å². The summed E-state index contributed by atoms with van der Waals surface area (Å²) in [6.45, 7) is 2.70. The smallest absolute Gasteiger partial charge is 0.224 e. The maximum absolute atomic E-state index is 5.86. The molecule has 0 fully saturated rings. The van der Waals surface area contributed by atoms with Crippen molar-refractivity contribution in [2.45, 2.75) is 13.5 Å². The quantitative estimate of drug-likeness (QED) is 0.803. The average molecular weight is 282 g/mol. The molecule has 18 heavy (non-hydrogen) atoms. The molecule has 0 radical (unpaired) electrons. The fourth-order valence-electron chi connectivity index (χ4n) is 1.74. The van der Waals surface area contributed by atoms with Crippen molar-refractivity contribution in [2.24, 2.45) is 0 Å². The van der Waals surface area contributed by atoms with E-state index in [1.165, 1.54) is 0 Å². The normalized spacial score (nSPS) is 10.4. The Hall–Kier alpha value is -1.32. The van der Waals surface area contributed by atoms with Gasteiger partial charge in [0.2, 0.25) is 5.28 Å². The topological polar surface area (TPSA) is 29.0 Å². The molecule has 0 N–H and O–H groups in total. The van der Waals surface area contributed by atoms with Gasteiger partial charge in [-0.2, -0.15) is 0 Å². The molecule has 0 spiro atoms. The Labute approximate surface area is 116 Å². The molecule has 0 saturated carbocycles. The van der Waals surface area contributed by atoms with E-state index in [-0.39, 0.29) is 5.28 Å². The number of aromatic nitrogens is 2. The summed E-state index contributed by atoms with van der Waals surface area (Å²) in [7, 11) is 1.97. The fraction of sp³-hybridized carbons (Fsp3) is 0.231. The van der Waals surface area contributed by atoms with Gasteiger partial charge in [0.05, 0.1) is 0 Å². The van der Waals surface area contributed by atoms with Crippen LogP contribution in [0.1, 0.15) is 11.1 Å². The predicted octanol–water partition coefficient (Wildman–Crippen LogP) is 3.73. The third-order valence-electron chi connectivity index (χ3n) is 2.61. The van der Waals surface area contributed by atoms with Gasteiger partial charge in [-0.05, 0) is 36.2 Å². The molecule has 2 rings (SSSR count). The van der Waals surface area contributed by atoms with Crippen molar-refractivity contribution >= 4 is 29.0 Å². The number of rotatable bonds is 3. The van der Waals surface area contributed by atoms with E-state index >= 15 is 0 Å². The van der Waals surface area contributed by atoms with Gasteiger partial charge in [0.1, 0.15) is 5.82 Å². The zero-order valence-corrected chi connectivity index (χ0v) is 11.7. The molecule has 0 atom stereocenters. The largest absolute Gasteiger partial charge is 0.355 e. The van der Waals surface area contributed by atoms with E-state index in [4.69, 9.17) is 23.2 Å². The van der Waals surface area contributed by atoms with Crippen molar-refractivity contribution in [3.63, 3.8) is 0 Å². The average Bonchev–Trinajstić information content (AvgIpc) is 2.35. The number of hydrogen-bond donors (Lipinski definition) is 0. The molecule has 0 amide bonds. The van der Waals surface area contributed by atoms with E-state index in [9.17, 15) is 0 Å². The van der Waals surface area contributed by atoms with E-state index in [0.29, 0.717) is 0 Å². The molecular weight excluding hydrogens is 269 g/mol. The molecule has 0 aliphatic heterocycles. The van der Waals surface area contributed by atoms with E-state index in [0.717, 1.165) is 28.5 Å². The molecule has 1 aromatic heterocycles. The van der Waals surface area contributed by atoms with E-state index in [2.05, 4.69) is 9.97 Å². The molecule has 2 aromatic rings. The van der Waals surface area contributed by atoms with Crippen molar-refractivity contribution in [3.8, 4) is 0 Å². The maximum Gasteiger partial charge on any atom is 0.224 e. The summed E-state index contributed by atoms with van der Waals surface area (Å²) >= 11 is 11.7. The second-order valence-electron chi connectivity index (χ2n) is 4.13. The Morgan fingerprint density at radius 3 is 2.50 bits per heavy atom. The van der Waals surface area contributed by atoms with Crippen LogP contribution in [0.4, 0.5) is 5.82 Å². The van der Waals surface area contributed by atoms with Crippen molar-refractivity contribution in [1.29, 1.82) is 0 Å². The van der Waals surface area contributed by atoms with Gasteiger partial charge in [-0.15, -0.1) is 0 Å². The van der Waals surface area contributed by atoms with Gasteiger partial charge in [-0.1, -0.05) is 23.7 Å². The number of aryl methyl sites for hydroxylation is 1. The zero-order chi connectivity index (χ0) is 13.1. The molecule has 1 heterocycles. The molecule has 0 aliphatic carbocycles. The first kappa shape index (κ1) is 13.1. The number of nitrogens with zero attached hydrogens (tertiary/aromatic N) is 3. The van der Waals surface area contributed by atoms with Crippen LogP contribution in [-0.4, -0.2) is 17.0 Å². The van der Waals surface area contributed by atoms with Crippen LogP contribution in [0.2, 0.25) is 10.3 Å². The van der Waals surface area contributed by atoms with Crippen LogP contribution in [0.25, 0.3) is 0 Å². The van der Waals surface area contributed by atoms with Gasteiger partial charge in [0, 0.05) is 30.4 Å². The predicted molar refractivity (Wildman–Crippen MR) is 75.3 cm³/mol. The highest BCUT2D eigenvalue weighted by Crippen LogP contribution is 2.19. The first-order valence-corrected chi connectivity index (χ1v) is 6.26. The zero-order valence-electron chi connectivity index (χ0n) is 10.2. The van der Waals surface area contributed by atoms with Crippen LogP contribution in [-0.2, 0) is 6.54 Å². The molecular formula is C13H13Cl2N3. The Morgan fingerprint density at radius 2 is 1.83 bits per heavy atom. The number of halogens is 2. The Morgan fingerprint density at radius 1 is 1.17 bits per heavy atom. The summed E-state index contributed by atoms with van der Waals surface area (Å²) in [6, 6.07) is 7.75. The van der Waals surface area contributed by atoms with Gasteiger partial charge in [0.15, 0.2) is 0 Å². The molecule has 0 aliphatic rings. The molecule has 0 saturated heterocycles. The van der Waals surface area contributed by atoms with Crippen LogP contribution in [0.5, 0.6) is 0 Å². The van der Waals surface area contributed by atoms with E-state index in [1.807, 2.05) is 43.1 Å². The van der Waals surface area contributed by atoms with E-state index < -0.39 is 0 Å². The highest BCUT2D eigenvalue weighted by atomic mass is 35.5. The highest BCUT2D eigenvalue weighted by molar-refractivity contribution is 6.30. The van der Waals surface area contributed by atoms with Gasteiger partial charge >= 0.3 is 0 Å². The van der Waals surface area contributed by atoms with Crippen molar-refractivity contribution < 1.29 is 0 Å². The molecule has 3 nitrogen and oxygen atoms in total.